The average Bonchev–Trinajstić information content (AvgIpc) is 2.30. The second kappa shape index (κ2) is 7.02. The van der Waals surface area contributed by atoms with Gasteiger partial charge in [0, 0.05) is 12.3 Å². The van der Waals surface area contributed by atoms with Crippen LogP contribution < -0.4 is 0 Å². The van der Waals surface area contributed by atoms with Crippen molar-refractivity contribution in [2.45, 2.75) is 20.8 Å². The number of esters is 1. The van der Waals surface area contributed by atoms with E-state index in [9.17, 15) is 9.36 Å². The summed E-state index contributed by atoms with van der Waals surface area (Å²) in [5, 5.41) is 11.9. The van der Waals surface area contributed by atoms with Crippen molar-refractivity contribution < 1.29 is 18.7 Å². The highest BCUT2D eigenvalue weighted by Gasteiger charge is 2.21. The maximum absolute atomic E-state index is 11.8. The van der Waals surface area contributed by atoms with Gasteiger partial charge in [-0.25, -0.2) is 4.79 Å². The quantitative estimate of drug-likeness (QED) is 0.308. The van der Waals surface area contributed by atoms with Gasteiger partial charge in [0.1, 0.15) is 6.07 Å². The third-order valence-electron chi connectivity index (χ3n) is 1.82. The van der Waals surface area contributed by atoms with E-state index in [1.165, 1.54) is 6.07 Å². The standard InChI is InChI=1S/C9H15N2O4P/c1-4-14-9(12)8(7-10)11-15-16(13,5-2)6-3/h4-6H2,1-3H3. The van der Waals surface area contributed by atoms with Gasteiger partial charge in [0.05, 0.1) is 6.61 Å². The smallest absolute Gasteiger partial charge is 0.371 e. The minimum absolute atomic E-state index is 0.138. The molecule has 0 aromatic rings. The van der Waals surface area contributed by atoms with Gasteiger partial charge in [-0.15, -0.1) is 0 Å². The van der Waals surface area contributed by atoms with Crippen molar-refractivity contribution in [3.05, 3.63) is 0 Å². The summed E-state index contributed by atoms with van der Waals surface area (Å²) in [6, 6.07) is 1.54. The van der Waals surface area contributed by atoms with Crippen molar-refractivity contribution >= 4 is 19.0 Å². The van der Waals surface area contributed by atoms with Crippen molar-refractivity contribution in [3.8, 4) is 6.07 Å². The molecule has 0 unspecified atom stereocenters. The first-order valence-corrected chi connectivity index (χ1v) is 6.94. The molecule has 0 amide bonds. The predicted octanol–water partition coefficient (Wildman–Crippen LogP) is 1.76. The Hall–Kier alpha value is -1.34. The molecule has 0 bridgehead atoms. The molecule has 90 valence electrons. The molecule has 0 aliphatic rings. The van der Waals surface area contributed by atoms with Crippen LogP contribution in [0.5, 0.6) is 0 Å². The number of rotatable bonds is 6. The molecule has 0 saturated heterocycles. The van der Waals surface area contributed by atoms with Crippen LogP contribution in [0.3, 0.4) is 0 Å². The molecule has 0 rings (SSSR count). The van der Waals surface area contributed by atoms with Crippen molar-refractivity contribution in [1.82, 2.24) is 0 Å². The molecule has 0 aromatic heterocycles. The van der Waals surface area contributed by atoms with Crippen LogP contribution in [0.1, 0.15) is 20.8 Å². The Bertz CT molecular complexity index is 351. The third kappa shape index (κ3) is 4.45. The van der Waals surface area contributed by atoms with Crippen molar-refractivity contribution in [2.24, 2.45) is 5.16 Å². The minimum Gasteiger partial charge on any atom is -0.461 e. The van der Waals surface area contributed by atoms with Crippen molar-refractivity contribution in [3.63, 3.8) is 0 Å². The normalized spacial score (nSPS) is 11.8. The Kier molecular flexibility index (Phi) is 6.43. The Morgan fingerprint density at radius 2 is 1.94 bits per heavy atom. The molecule has 0 N–H and O–H groups in total. The highest BCUT2D eigenvalue weighted by atomic mass is 31.2. The van der Waals surface area contributed by atoms with E-state index in [1.54, 1.807) is 20.8 Å². The summed E-state index contributed by atoms with van der Waals surface area (Å²) in [6.07, 6.45) is 0.600. The average molecular weight is 246 g/mol. The molecular weight excluding hydrogens is 231 g/mol. The molecule has 0 atom stereocenters. The van der Waals surface area contributed by atoms with Gasteiger partial charge in [0.25, 0.3) is 13.1 Å². The first-order valence-electron chi connectivity index (χ1n) is 4.95. The van der Waals surface area contributed by atoms with Gasteiger partial charge < -0.3 is 9.36 Å². The molecule has 7 heteroatoms. The number of oxime groups is 1. The van der Waals surface area contributed by atoms with E-state index in [-0.39, 0.29) is 6.61 Å². The van der Waals surface area contributed by atoms with E-state index in [1.807, 2.05) is 0 Å². The lowest BCUT2D eigenvalue weighted by atomic mass is 10.4. The maximum Gasteiger partial charge on any atom is 0.371 e. The molecule has 0 heterocycles. The van der Waals surface area contributed by atoms with Gasteiger partial charge in [-0.1, -0.05) is 19.0 Å². The summed E-state index contributed by atoms with van der Waals surface area (Å²) in [4.78, 5) is 11.1. The van der Waals surface area contributed by atoms with Crippen LogP contribution in [0.15, 0.2) is 5.16 Å². The first kappa shape index (κ1) is 14.7. The van der Waals surface area contributed by atoms with Crippen LogP contribution in [0, 0.1) is 11.3 Å². The third-order valence-corrected chi connectivity index (χ3v) is 4.13. The number of nitrogens with zero attached hydrogens (tertiary/aromatic N) is 2. The zero-order valence-electron chi connectivity index (χ0n) is 9.60. The fourth-order valence-electron chi connectivity index (χ4n) is 0.757. The van der Waals surface area contributed by atoms with Gasteiger partial charge in [-0.05, 0) is 6.92 Å². The van der Waals surface area contributed by atoms with Gasteiger partial charge in [0.2, 0.25) is 0 Å². The molecule has 0 aliphatic heterocycles. The lowest BCUT2D eigenvalue weighted by Gasteiger charge is -2.10. The molecule has 6 nitrogen and oxygen atoms in total. The van der Waals surface area contributed by atoms with Gasteiger partial charge in [0.15, 0.2) is 0 Å². The van der Waals surface area contributed by atoms with Crippen LogP contribution in [0.25, 0.3) is 0 Å². The van der Waals surface area contributed by atoms with Gasteiger partial charge >= 0.3 is 5.97 Å². The molecule has 0 fully saturated rings. The van der Waals surface area contributed by atoms with Crippen LogP contribution >= 0.6 is 7.37 Å². The number of carbonyl (C=O) groups excluding carboxylic acids is 1. The van der Waals surface area contributed by atoms with Gasteiger partial charge in [-0.2, -0.15) is 5.26 Å². The molecule has 0 saturated carbocycles. The van der Waals surface area contributed by atoms with E-state index in [2.05, 4.69) is 9.89 Å². The highest BCUT2D eigenvalue weighted by Crippen LogP contribution is 2.46. The van der Waals surface area contributed by atoms with E-state index >= 15 is 0 Å². The Balaban J connectivity index is 4.68. The zero-order chi connectivity index (χ0) is 12.6. The number of carbonyl (C=O) groups is 1. The SMILES string of the molecule is CCOC(=O)C(C#N)=NOP(=O)(CC)CC. The Morgan fingerprint density at radius 3 is 2.31 bits per heavy atom. The number of nitriles is 1. The largest absolute Gasteiger partial charge is 0.461 e. The summed E-state index contributed by atoms with van der Waals surface area (Å²) in [5.41, 5.74) is -0.524. The monoisotopic (exact) mass is 246 g/mol. The van der Waals surface area contributed by atoms with E-state index in [4.69, 9.17) is 9.89 Å². The number of hydrogen-bond acceptors (Lipinski definition) is 6. The molecule has 16 heavy (non-hydrogen) atoms. The van der Waals surface area contributed by atoms with Crippen LogP contribution in [-0.2, 0) is 18.7 Å². The highest BCUT2D eigenvalue weighted by molar-refractivity contribution is 7.58. The van der Waals surface area contributed by atoms with E-state index < -0.39 is 19.0 Å². The van der Waals surface area contributed by atoms with Gasteiger partial charge in [-0.3, -0.25) is 4.57 Å². The fraction of sp³-hybridized carbons (Fsp3) is 0.667. The predicted molar refractivity (Wildman–Crippen MR) is 59.5 cm³/mol. The number of ether oxygens (including phenoxy) is 1. The molecule has 0 aromatic carbocycles. The zero-order valence-corrected chi connectivity index (χ0v) is 10.5. The van der Waals surface area contributed by atoms with E-state index in [0.717, 1.165) is 0 Å². The molecule has 0 aliphatic carbocycles. The van der Waals surface area contributed by atoms with Crippen LogP contribution in [0.4, 0.5) is 0 Å². The lowest BCUT2D eigenvalue weighted by molar-refractivity contribution is -0.135. The summed E-state index contributed by atoms with van der Waals surface area (Å²) < 4.78 is 21.1. The first-order chi connectivity index (χ1) is 7.52. The Labute approximate surface area is 94.7 Å². The minimum atomic E-state index is -2.85. The van der Waals surface area contributed by atoms with Crippen LogP contribution in [-0.4, -0.2) is 30.6 Å². The topological polar surface area (TPSA) is 88.8 Å². The summed E-state index contributed by atoms with van der Waals surface area (Å²) in [5.74, 6) is -0.872. The molecule has 0 radical (unpaired) electrons. The fourth-order valence-corrected chi connectivity index (χ4v) is 1.67. The Morgan fingerprint density at radius 1 is 1.38 bits per heavy atom. The van der Waals surface area contributed by atoms with E-state index in [0.29, 0.717) is 12.3 Å². The lowest BCUT2D eigenvalue weighted by Crippen LogP contribution is -2.16. The second-order valence-corrected chi connectivity index (χ2v) is 5.86. The van der Waals surface area contributed by atoms with Crippen molar-refractivity contribution in [1.29, 1.82) is 5.26 Å². The van der Waals surface area contributed by atoms with Crippen LogP contribution in [0.2, 0.25) is 0 Å². The molecular formula is C9H15N2O4P. The van der Waals surface area contributed by atoms with Crippen molar-refractivity contribution in [2.75, 3.05) is 18.9 Å². The maximum atomic E-state index is 11.8. The summed E-state index contributed by atoms with van der Waals surface area (Å²) >= 11 is 0. The second-order valence-electron chi connectivity index (χ2n) is 2.80. The summed E-state index contributed by atoms with van der Waals surface area (Å²) in [7, 11) is -2.85. The number of hydrogen-bond donors (Lipinski definition) is 0. The summed E-state index contributed by atoms with van der Waals surface area (Å²) in [6.45, 7) is 5.13. The molecule has 0 spiro atoms.